The Kier molecular flexibility index (Phi) is 9.21. The molecule has 1 saturated heterocycles. The summed E-state index contributed by atoms with van der Waals surface area (Å²) >= 11 is 0. The molecule has 3 heterocycles. The fourth-order valence-electron chi connectivity index (χ4n) is 4.90. The van der Waals surface area contributed by atoms with Crippen LogP contribution >= 0.6 is 0 Å². The molecule has 0 unspecified atom stereocenters. The number of ether oxygens (including phenoxy) is 2. The summed E-state index contributed by atoms with van der Waals surface area (Å²) in [5.41, 5.74) is 0.552. The maximum atomic E-state index is 15.8. The second kappa shape index (κ2) is 13.0. The average Bonchev–Trinajstić information content (AvgIpc) is 3.01. The summed E-state index contributed by atoms with van der Waals surface area (Å²) in [7, 11) is -2.36. The first kappa shape index (κ1) is 30.4. The van der Waals surface area contributed by atoms with E-state index in [-0.39, 0.29) is 22.8 Å². The lowest BCUT2D eigenvalue weighted by Crippen LogP contribution is -2.37. The summed E-state index contributed by atoms with van der Waals surface area (Å²) in [6.45, 7) is 6.64. The Hall–Kier alpha value is -4.10. The van der Waals surface area contributed by atoms with Gasteiger partial charge in [0.15, 0.2) is 11.6 Å². The number of pyridine rings is 1. The third kappa shape index (κ3) is 6.62. The number of anilines is 3. The van der Waals surface area contributed by atoms with Crippen molar-refractivity contribution in [2.24, 2.45) is 0 Å². The molecule has 43 heavy (non-hydrogen) atoms. The van der Waals surface area contributed by atoms with Crippen molar-refractivity contribution >= 4 is 38.2 Å². The second-order valence-electron chi connectivity index (χ2n) is 10.1. The molecule has 228 valence electrons. The summed E-state index contributed by atoms with van der Waals surface area (Å²) in [6, 6.07) is 8.95. The number of nitrogens with one attached hydrogen (secondary N) is 2. The monoisotopic (exact) mass is 612 g/mol. The van der Waals surface area contributed by atoms with Gasteiger partial charge in [0.2, 0.25) is 10.0 Å². The highest BCUT2D eigenvalue weighted by atomic mass is 32.2. The lowest BCUT2D eigenvalue weighted by atomic mass is 10.0. The van der Waals surface area contributed by atoms with Crippen molar-refractivity contribution in [3.8, 4) is 28.3 Å². The number of hydrogen-bond donors (Lipinski definition) is 2. The molecule has 0 aliphatic carbocycles. The lowest BCUT2D eigenvalue weighted by Gasteiger charge is -2.29. The zero-order valence-electron chi connectivity index (χ0n) is 24.3. The van der Waals surface area contributed by atoms with Crippen LogP contribution in [0.4, 0.5) is 26.1 Å². The van der Waals surface area contributed by atoms with E-state index in [4.69, 9.17) is 19.4 Å². The van der Waals surface area contributed by atoms with E-state index in [1.807, 2.05) is 17.0 Å². The molecule has 4 aromatic rings. The molecular weight excluding hydrogens is 578 g/mol. The highest BCUT2D eigenvalue weighted by Crippen LogP contribution is 2.40. The predicted octanol–water partition coefficient (Wildman–Crippen LogP) is 5.46. The van der Waals surface area contributed by atoms with Gasteiger partial charge in [-0.1, -0.05) is 13.8 Å². The molecule has 0 atom stereocenters. The maximum absolute atomic E-state index is 15.8. The van der Waals surface area contributed by atoms with Gasteiger partial charge < -0.3 is 19.7 Å². The molecule has 2 N–H and O–H groups in total. The highest BCUT2D eigenvalue weighted by molar-refractivity contribution is 7.92. The Bertz CT molecular complexity index is 1710. The van der Waals surface area contributed by atoms with E-state index in [0.29, 0.717) is 60.8 Å². The van der Waals surface area contributed by atoms with Gasteiger partial charge in [-0.2, -0.15) is 0 Å². The van der Waals surface area contributed by atoms with Crippen molar-refractivity contribution in [1.82, 2.24) is 15.0 Å². The van der Waals surface area contributed by atoms with Crippen LogP contribution in [0, 0.1) is 11.6 Å². The second-order valence-corrected chi connectivity index (χ2v) is 12.0. The van der Waals surface area contributed by atoms with Crippen molar-refractivity contribution in [2.45, 2.75) is 26.7 Å². The van der Waals surface area contributed by atoms with Crippen molar-refractivity contribution in [1.29, 1.82) is 0 Å². The normalized spacial score (nSPS) is 13.7. The molecule has 2 aromatic carbocycles. The first-order valence-electron chi connectivity index (χ1n) is 14.2. The summed E-state index contributed by atoms with van der Waals surface area (Å²) in [5, 5.41) is 3.76. The Labute approximate surface area is 249 Å². The average molecular weight is 613 g/mol. The number of fused-ring (bicyclic) bond motifs is 1. The van der Waals surface area contributed by atoms with Gasteiger partial charge in [-0.25, -0.2) is 32.2 Å². The van der Waals surface area contributed by atoms with Gasteiger partial charge in [0.05, 0.1) is 37.3 Å². The fourth-order valence-corrected chi connectivity index (χ4v) is 6.03. The van der Waals surface area contributed by atoms with Crippen LogP contribution in [0.1, 0.15) is 26.7 Å². The quantitative estimate of drug-likeness (QED) is 0.228. The molecular formula is C30H34F2N6O4S. The minimum atomic E-state index is -3.81. The van der Waals surface area contributed by atoms with Crippen molar-refractivity contribution in [2.75, 3.05) is 60.6 Å². The smallest absolute Gasteiger partial charge is 0.232 e. The lowest BCUT2D eigenvalue weighted by molar-refractivity contribution is 0.122. The van der Waals surface area contributed by atoms with Crippen LogP contribution in [-0.4, -0.2) is 69.1 Å². The number of aromatic nitrogens is 3. The van der Waals surface area contributed by atoms with Crippen molar-refractivity contribution in [3.05, 3.63) is 54.2 Å². The largest absolute Gasteiger partial charge is 0.494 e. The summed E-state index contributed by atoms with van der Waals surface area (Å²) in [6.07, 6.45) is 3.00. The van der Waals surface area contributed by atoms with Gasteiger partial charge in [-0.05, 0) is 54.8 Å². The van der Waals surface area contributed by atoms with E-state index in [1.54, 1.807) is 19.2 Å². The molecule has 5 rings (SSSR count). The van der Waals surface area contributed by atoms with Crippen LogP contribution in [0.5, 0.6) is 5.75 Å². The molecule has 2 aromatic heterocycles. The number of halogens is 2. The first-order valence-corrected chi connectivity index (χ1v) is 15.8. The summed E-state index contributed by atoms with van der Waals surface area (Å²) in [4.78, 5) is 16.2. The van der Waals surface area contributed by atoms with Gasteiger partial charge in [0.1, 0.15) is 28.7 Å². The zero-order valence-corrected chi connectivity index (χ0v) is 25.1. The number of rotatable bonds is 11. The number of benzene rings is 2. The van der Waals surface area contributed by atoms with Crippen LogP contribution in [0.15, 0.2) is 42.6 Å². The molecule has 0 saturated carbocycles. The molecule has 1 fully saturated rings. The molecule has 13 heteroatoms. The minimum absolute atomic E-state index is 0.148. The standard InChI is InChI=1S/C30H34F2N6O4S/c1-4-10-33-25-9-6-19(18-34-25)29-35-28-21(30(36-29)38-11-13-42-14-12-38)16-20(17-24(28)41-3)26-22(31)7-8-23(27(26)32)37-43(39,40)15-5-2/h6-9,16-18,37H,4-5,10-15H2,1-3H3,(H,33,34). The number of sulfonamides is 1. The van der Waals surface area contributed by atoms with Crippen LogP contribution in [-0.2, 0) is 14.8 Å². The van der Waals surface area contributed by atoms with E-state index in [9.17, 15) is 8.42 Å². The highest BCUT2D eigenvalue weighted by Gasteiger charge is 2.24. The van der Waals surface area contributed by atoms with Crippen molar-refractivity contribution < 1.29 is 26.7 Å². The molecule has 1 aliphatic rings. The van der Waals surface area contributed by atoms with E-state index >= 15 is 8.78 Å². The number of nitrogens with zero attached hydrogens (tertiary/aromatic N) is 4. The summed E-state index contributed by atoms with van der Waals surface area (Å²) in [5.74, 6) is -0.101. The zero-order chi connectivity index (χ0) is 30.6. The van der Waals surface area contributed by atoms with Crippen LogP contribution in [0.25, 0.3) is 33.4 Å². The number of morpholine rings is 1. The SMILES string of the molecule is CCCNc1ccc(-c2nc(N3CCOCC3)c3cc(-c4c(F)ccc(NS(=O)(=O)CCC)c4F)cc(OC)c3n2)cn1. The van der Waals surface area contributed by atoms with Gasteiger partial charge in [0.25, 0.3) is 0 Å². The minimum Gasteiger partial charge on any atom is -0.494 e. The number of hydrogen-bond acceptors (Lipinski definition) is 9. The molecule has 0 spiro atoms. The third-order valence-corrected chi connectivity index (χ3v) is 8.45. The van der Waals surface area contributed by atoms with Gasteiger partial charge in [0, 0.05) is 36.8 Å². The van der Waals surface area contributed by atoms with Gasteiger partial charge in [-0.3, -0.25) is 4.72 Å². The summed E-state index contributed by atoms with van der Waals surface area (Å²) < 4.78 is 69.3. The molecule has 10 nitrogen and oxygen atoms in total. The fraction of sp³-hybridized carbons (Fsp3) is 0.367. The van der Waals surface area contributed by atoms with E-state index in [2.05, 4.69) is 21.9 Å². The maximum Gasteiger partial charge on any atom is 0.232 e. The van der Waals surface area contributed by atoms with E-state index in [1.165, 1.54) is 13.2 Å². The van der Waals surface area contributed by atoms with Crippen LogP contribution in [0.2, 0.25) is 0 Å². The van der Waals surface area contributed by atoms with E-state index in [0.717, 1.165) is 30.9 Å². The predicted molar refractivity (Wildman–Crippen MR) is 164 cm³/mol. The molecule has 0 amide bonds. The third-order valence-electron chi connectivity index (χ3n) is 6.97. The Morgan fingerprint density at radius 1 is 1.02 bits per heavy atom. The topological polar surface area (TPSA) is 119 Å². The first-order chi connectivity index (χ1) is 20.7. The molecule has 0 radical (unpaired) electrons. The number of methoxy groups -OCH3 is 1. The molecule has 0 bridgehead atoms. The van der Waals surface area contributed by atoms with Crippen LogP contribution in [0.3, 0.4) is 0 Å². The van der Waals surface area contributed by atoms with Crippen LogP contribution < -0.4 is 19.7 Å². The Balaban J connectivity index is 1.67. The molecule has 1 aliphatic heterocycles. The Morgan fingerprint density at radius 3 is 2.49 bits per heavy atom. The van der Waals surface area contributed by atoms with Gasteiger partial charge >= 0.3 is 0 Å². The van der Waals surface area contributed by atoms with Crippen molar-refractivity contribution in [3.63, 3.8) is 0 Å². The van der Waals surface area contributed by atoms with Gasteiger partial charge in [-0.15, -0.1) is 0 Å². The Morgan fingerprint density at radius 2 is 1.81 bits per heavy atom. The van der Waals surface area contributed by atoms with E-state index < -0.39 is 27.2 Å².